The van der Waals surface area contributed by atoms with E-state index in [-0.39, 0.29) is 35.9 Å². The molecule has 0 N–H and O–H groups in total. The first kappa shape index (κ1) is 23.6. The molecule has 5 nitrogen and oxygen atoms in total. The van der Waals surface area contributed by atoms with Gasteiger partial charge in [0.25, 0.3) is 5.91 Å². The molecule has 1 heterocycles. The topological polar surface area (TPSA) is 63.7 Å². The third-order valence-corrected chi connectivity index (χ3v) is 7.79. The largest absolute Gasteiger partial charge is 0.481 e. The van der Waals surface area contributed by atoms with E-state index in [1.165, 1.54) is 0 Å². The van der Waals surface area contributed by atoms with E-state index in [4.69, 9.17) is 16.3 Å². The number of rotatable bonds is 7. The molecule has 2 unspecified atom stereocenters. The maximum absolute atomic E-state index is 13.5. The first-order valence-corrected chi connectivity index (χ1v) is 12.8. The lowest BCUT2D eigenvalue weighted by atomic mass is 10.0. The van der Waals surface area contributed by atoms with Gasteiger partial charge in [-0.05, 0) is 55.0 Å². The van der Waals surface area contributed by atoms with Gasteiger partial charge in [0.2, 0.25) is 0 Å². The molecule has 0 aliphatic carbocycles. The Labute approximate surface area is 190 Å². The van der Waals surface area contributed by atoms with Crippen molar-refractivity contribution in [2.75, 3.05) is 11.5 Å². The summed E-state index contributed by atoms with van der Waals surface area (Å²) in [5.41, 5.74) is 2.87. The quantitative estimate of drug-likeness (QED) is 0.594. The maximum atomic E-state index is 13.5. The number of amides is 1. The lowest BCUT2D eigenvalue weighted by molar-refractivity contribution is -0.140. The van der Waals surface area contributed by atoms with Crippen LogP contribution in [0, 0.1) is 6.92 Å². The number of sulfone groups is 1. The van der Waals surface area contributed by atoms with Crippen LogP contribution in [0.25, 0.3) is 0 Å². The molecule has 3 rings (SSSR count). The number of benzene rings is 2. The fraction of sp³-hybridized carbons (Fsp3) is 0.458. The molecule has 1 saturated heterocycles. The highest BCUT2D eigenvalue weighted by Gasteiger charge is 2.37. The fourth-order valence-corrected chi connectivity index (χ4v) is 5.84. The van der Waals surface area contributed by atoms with Gasteiger partial charge in [-0.1, -0.05) is 55.8 Å². The Bertz CT molecular complexity index is 1050. The molecular weight excluding hydrogens is 434 g/mol. The number of nitrogens with zero attached hydrogens (tertiary/aromatic N) is 1. The maximum Gasteiger partial charge on any atom is 0.263 e. The van der Waals surface area contributed by atoms with Crippen molar-refractivity contribution in [2.45, 2.75) is 58.7 Å². The third kappa shape index (κ3) is 5.80. The van der Waals surface area contributed by atoms with Crippen LogP contribution in [0.3, 0.4) is 0 Å². The van der Waals surface area contributed by atoms with Gasteiger partial charge >= 0.3 is 0 Å². The van der Waals surface area contributed by atoms with Crippen molar-refractivity contribution in [3.63, 3.8) is 0 Å². The fourth-order valence-electron chi connectivity index (χ4n) is 3.91. The summed E-state index contributed by atoms with van der Waals surface area (Å²) in [5, 5.41) is 0.551. The first-order valence-electron chi connectivity index (χ1n) is 10.6. The number of aryl methyl sites for hydroxylation is 1. The molecule has 0 spiro atoms. The van der Waals surface area contributed by atoms with Crippen LogP contribution in [-0.2, 0) is 21.2 Å². The van der Waals surface area contributed by atoms with Gasteiger partial charge in [-0.25, -0.2) is 8.42 Å². The zero-order valence-corrected chi connectivity index (χ0v) is 20.0. The lowest BCUT2D eigenvalue weighted by Crippen LogP contribution is -2.46. The zero-order valence-electron chi connectivity index (χ0n) is 18.5. The van der Waals surface area contributed by atoms with Crippen LogP contribution < -0.4 is 4.74 Å². The molecule has 1 fully saturated rings. The van der Waals surface area contributed by atoms with Crippen molar-refractivity contribution in [3.05, 3.63) is 64.2 Å². The minimum absolute atomic E-state index is 0.0302. The van der Waals surface area contributed by atoms with Crippen LogP contribution in [-0.4, -0.2) is 42.9 Å². The van der Waals surface area contributed by atoms with E-state index in [0.29, 0.717) is 17.2 Å². The highest BCUT2D eigenvalue weighted by molar-refractivity contribution is 7.91. The molecule has 0 aromatic heterocycles. The van der Waals surface area contributed by atoms with Gasteiger partial charge in [0.15, 0.2) is 15.9 Å². The minimum Gasteiger partial charge on any atom is -0.481 e. The standard InChI is InChI=1S/C24H30ClNO4S/c1-16(2)21-10-9-17(3)13-23(21)30-18(4)24(27)26(20-11-12-31(28,29)15-20)14-19-7-5-6-8-22(19)25/h5-10,13,16,18,20H,11-12,14-15H2,1-4H3. The Balaban J connectivity index is 1.87. The number of ether oxygens (including phenoxy) is 1. The lowest BCUT2D eigenvalue weighted by Gasteiger charge is -2.31. The Hall–Kier alpha value is -2.05. The summed E-state index contributed by atoms with van der Waals surface area (Å²) in [7, 11) is -3.15. The Morgan fingerprint density at radius 1 is 1.19 bits per heavy atom. The van der Waals surface area contributed by atoms with Crippen molar-refractivity contribution < 1.29 is 17.9 Å². The van der Waals surface area contributed by atoms with E-state index >= 15 is 0 Å². The number of hydrogen-bond acceptors (Lipinski definition) is 4. The second-order valence-electron chi connectivity index (χ2n) is 8.57. The summed E-state index contributed by atoms with van der Waals surface area (Å²) in [6.45, 7) is 8.11. The van der Waals surface area contributed by atoms with Gasteiger partial charge in [-0.3, -0.25) is 4.79 Å². The molecule has 1 aliphatic heterocycles. The average Bonchev–Trinajstić information content (AvgIpc) is 3.06. The molecule has 1 aliphatic rings. The molecule has 2 aromatic rings. The Morgan fingerprint density at radius 2 is 1.90 bits per heavy atom. The summed E-state index contributed by atoms with van der Waals surface area (Å²) >= 11 is 6.33. The normalized spacial score (nSPS) is 18.7. The van der Waals surface area contributed by atoms with Gasteiger partial charge in [0.05, 0.1) is 11.5 Å². The van der Waals surface area contributed by atoms with Crippen molar-refractivity contribution in [1.82, 2.24) is 4.90 Å². The van der Waals surface area contributed by atoms with Gasteiger partial charge < -0.3 is 9.64 Å². The molecule has 2 aromatic carbocycles. The molecule has 0 radical (unpaired) electrons. The highest BCUT2D eigenvalue weighted by atomic mass is 35.5. The molecule has 7 heteroatoms. The summed E-state index contributed by atoms with van der Waals surface area (Å²) in [6, 6.07) is 12.9. The number of hydrogen-bond donors (Lipinski definition) is 0. The molecule has 1 amide bonds. The highest BCUT2D eigenvalue weighted by Crippen LogP contribution is 2.30. The summed E-state index contributed by atoms with van der Waals surface area (Å²) in [6.07, 6.45) is -0.336. The molecule has 168 valence electrons. The van der Waals surface area contributed by atoms with Crippen molar-refractivity contribution in [1.29, 1.82) is 0 Å². The Morgan fingerprint density at radius 3 is 2.52 bits per heavy atom. The van der Waals surface area contributed by atoms with Crippen molar-refractivity contribution >= 4 is 27.3 Å². The molecule has 0 bridgehead atoms. The first-order chi connectivity index (χ1) is 14.6. The van der Waals surface area contributed by atoms with Gasteiger partial charge in [0, 0.05) is 17.6 Å². The van der Waals surface area contributed by atoms with E-state index < -0.39 is 15.9 Å². The smallest absolute Gasteiger partial charge is 0.263 e. The van der Waals surface area contributed by atoms with E-state index in [0.717, 1.165) is 16.7 Å². The minimum atomic E-state index is -3.15. The van der Waals surface area contributed by atoms with Crippen LogP contribution in [0.15, 0.2) is 42.5 Å². The van der Waals surface area contributed by atoms with E-state index in [2.05, 4.69) is 13.8 Å². The summed E-state index contributed by atoms with van der Waals surface area (Å²) < 4.78 is 30.4. The average molecular weight is 464 g/mol. The van der Waals surface area contributed by atoms with Crippen molar-refractivity contribution in [3.8, 4) is 5.75 Å². The molecule has 31 heavy (non-hydrogen) atoms. The monoisotopic (exact) mass is 463 g/mol. The Kier molecular flexibility index (Phi) is 7.32. The summed E-state index contributed by atoms with van der Waals surface area (Å²) in [4.78, 5) is 15.1. The van der Waals surface area contributed by atoms with Crippen LogP contribution in [0.4, 0.5) is 0 Å². The molecule has 0 saturated carbocycles. The number of carbonyl (C=O) groups excluding carboxylic acids is 1. The van der Waals surface area contributed by atoms with E-state index in [9.17, 15) is 13.2 Å². The zero-order chi connectivity index (χ0) is 22.8. The van der Waals surface area contributed by atoms with Crippen LogP contribution in [0.1, 0.15) is 49.8 Å². The second-order valence-corrected chi connectivity index (χ2v) is 11.2. The van der Waals surface area contributed by atoms with E-state index in [1.54, 1.807) is 17.9 Å². The van der Waals surface area contributed by atoms with Crippen molar-refractivity contribution in [2.24, 2.45) is 0 Å². The van der Waals surface area contributed by atoms with Crippen LogP contribution in [0.5, 0.6) is 5.75 Å². The third-order valence-electron chi connectivity index (χ3n) is 5.67. The summed E-state index contributed by atoms with van der Waals surface area (Å²) in [5.74, 6) is 0.759. The predicted octanol–water partition coefficient (Wildman–Crippen LogP) is 4.76. The van der Waals surface area contributed by atoms with Crippen LogP contribution in [0.2, 0.25) is 5.02 Å². The van der Waals surface area contributed by atoms with Gasteiger partial charge in [-0.15, -0.1) is 0 Å². The SMILES string of the molecule is Cc1ccc(C(C)C)c(OC(C)C(=O)N(Cc2ccccc2Cl)C2CCS(=O)(=O)C2)c1. The van der Waals surface area contributed by atoms with E-state index in [1.807, 2.05) is 43.3 Å². The number of halogens is 1. The molecular formula is C24H30ClNO4S. The van der Waals surface area contributed by atoms with Gasteiger partial charge in [0.1, 0.15) is 5.75 Å². The number of carbonyl (C=O) groups is 1. The molecule has 2 atom stereocenters. The second kappa shape index (κ2) is 9.61. The van der Waals surface area contributed by atoms with Gasteiger partial charge in [-0.2, -0.15) is 0 Å². The van der Waals surface area contributed by atoms with Crippen LogP contribution >= 0.6 is 11.6 Å². The predicted molar refractivity (Wildman–Crippen MR) is 124 cm³/mol.